The molecule has 0 saturated carbocycles. The van der Waals surface area contributed by atoms with Crippen LogP contribution in [0.3, 0.4) is 0 Å². The van der Waals surface area contributed by atoms with E-state index in [1.165, 1.54) is 4.88 Å². The van der Waals surface area contributed by atoms with E-state index < -0.39 is 0 Å². The monoisotopic (exact) mass is 275 g/mol. The molecule has 1 aromatic carbocycles. The highest BCUT2D eigenvalue weighted by atomic mass is 32.1. The lowest BCUT2D eigenvalue weighted by molar-refractivity contribution is 0.112. The van der Waals surface area contributed by atoms with Crippen LogP contribution in [-0.4, -0.2) is 25.3 Å². The second-order valence-electron chi connectivity index (χ2n) is 4.44. The molecule has 0 fully saturated rings. The first-order chi connectivity index (χ1) is 9.22. The van der Waals surface area contributed by atoms with Gasteiger partial charge in [0.15, 0.2) is 0 Å². The van der Waals surface area contributed by atoms with E-state index in [1.807, 2.05) is 12.1 Å². The van der Waals surface area contributed by atoms with E-state index in [4.69, 9.17) is 4.74 Å². The Morgan fingerprint density at radius 1 is 1.32 bits per heavy atom. The van der Waals surface area contributed by atoms with Gasteiger partial charge in [0, 0.05) is 29.1 Å². The van der Waals surface area contributed by atoms with E-state index in [2.05, 4.69) is 29.5 Å². The minimum absolute atomic E-state index is 0.681. The molecule has 0 aliphatic carbocycles. The van der Waals surface area contributed by atoms with Crippen LogP contribution in [0.4, 0.5) is 0 Å². The minimum Gasteiger partial charge on any atom is -0.496 e. The van der Waals surface area contributed by atoms with Crippen molar-refractivity contribution in [2.24, 2.45) is 0 Å². The number of ether oxygens (including phenoxy) is 1. The second kappa shape index (κ2) is 6.50. The molecule has 0 unspecified atom stereocenters. The van der Waals surface area contributed by atoms with Gasteiger partial charge < -0.3 is 4.74 Å². The molecule has 2 rings (SSSR count). The van der Waals surface area contributed by atoms with Crippen molar-refractivity contribution in [2.75, 3.05) is 14.2 Å². The van der Waals surface area contributed by atoms with Crippen LogP contribution in [0.5, 0.6) is 5.75 Å². The Bertz CT molecular complexity index is 537. The lowest BCUT2D eigenvalue weighted by atomic mass is 10.1. The zero-order valence-corrected chi connectivity index (χ0v) is 11.9. The topological polar surface area (TPSA) is 29.5 Å². The summed E-state index contributed by atoms with van der Waals surface area (Å²) < 4.78 is 5.34. The molecule has 100 valence electrons. The van der Waals surface area contributed by atoms with Crippen LogP contribution in [0.2, 0.25) is 0 Å². The molecule has 19 heavy (non-hydrogen) atoms. The van der Waals surface area contributed by atoms with E-state index in [0.717, 1.165) is 30.7 Å². The van der Waals surface area contributed by atoms with Crippen molar-refractivity contribution in [2.45, 2.75) is 13.1 Å². The van der Waals surface area contributed by atoms with E-state index >= 15 is 0 Å². The predicted octanol–water partition coefficient (Wildman–Crippen LogP) is 3.20. The first-order valence-electron chi connectivity index (χ1n) is 6.06. The molecule has 0 spiro atoms. The largest absolute Gasteiger partial charge is 0.496 e. The maximum absolute atomic E-state index is 10.8. The van der Waals surface area contributed by atoms with Crippen LogP contribution >= 0.6 is 11.3 Å². The molecule has 3 nitrogen and oxygen atoms in total. The summed E-state index contributed by atoms with van der Waals surface area (Å²) in [6, 6.07) is 9.69. The van der Waals surface area contributed by atoms with Gasteiger partial charge in [-0.05, 0) is 36.7 Å². The highest BCUT2D eigenvalue weighted by Gasteiger charge is 2.08. The van der Waals surface area contributed by atoms with E-state index in [0.29, 0.717) is 5.56 Å². The van der Waals surface area contributed by atoms with Crippen LogP contribution in [0, 0.1) is 0 Å². The molecule has 0 aliphatic heterocycles. The number of hydrogen-bond acceptors (Lipinski definition) is 4. The Hall–Kier alpha value is -1.65. The summed E-state index contributed by atoms with van der Waals surface area (Å²) in [6.45, 7) is 1.65. The van der Waals surface area contributed by atoms with Crippen molar-refractivity contribution < 1.29 is 9.53 Å². The molecule has 0 aliphatic rings. The van der Waals surface area contributed by atoms with Gasteiger partial charge in [-0.1, -0.05) is 6.07 Å². The minimum atomic E-state index is 0.681. The molecule has 0 amide bonds. The summed E-state index contributed by atoms with van der Waals surface area (Å²) >= 11 is 1.75. The molecule has 1 aromatic heterocycles. The van der Waals surface area contributed by atoms with Crippen molar-refractivity contribution >= 4 is 17.6 Å². The Kier molecular flexibility index (Phi) is 4.71. The van der Waals surface area contributed by atoms with Gasteiger partial charge in [0.1, 0.15) is 12.0 Å². The first kappa shape index (κ1) is 13.8. The lowest BCUT2D eigenvalue weighted by Gasteiger charge is -2.18. The maximum Gasteiger partial charge on any atom is 0.150 e. The summed E-state index contributed by atoms with van der Waals surface area (Å²) in [5, 5.41) is 2.08. The lowest BCUT2D eigenvalue weighted by Crippen LogP contribution is -2.17. The van der Waals surface area contributed by atoms with Crippen LogP contribution < -0.4 is 4.74 Å². The van der Waals surface area contributed by atoms with Crippen LogP contribution in [-0.2, 0) is 13.1 Å². The third kappa shape index (κ3) is 3.66. The van der Waals surface area contributed by atoms with Crippen molar-refractivity contribution in [3.63, 3.8) is 0 Å². The third-order valence-corrected chi connectivity index (χ3v) is 3.75. The summed E-state index contributed by atoms with van der Waals surface area (Å²) in [6.07, 6.45) is 0.863. The predicted molar refractivity (Wildman–Crippen MR) is 77.9 cm³/mol. The van der Waals surface area contributed by atoms with Crippen LogP contribution in [0.1, 0.15) is 20.8 Å². The number of rotatable bonds is 6. The summed E-state index contributed by atoms with van der Waals surface area (Å²) in [5.41, 5.74) is 1.71. The number of thiophene rings is 1. The van der Waals surface area contributed by atoms with E-state index in [9.17, 15) is 4.79 Å². The molecule has 0 radical (unpaired) electrons. The number of aldehydes is 1. The average molecular weight is 275 g/mol. The summed E-state index contributed by atoms with van der Waals surface area (Å²) in [5.74, 6) is 0.823. The Morgan fingerprint density at radius 2 is 2.16 bits per heavy atom. The number of carbonyl (C=O) groups is 1. The number of benzene rings is 1. The Morgan fingerprint density at radius 3 is 2.79 bits per heavy atom. The third-order valence-electron chi connectivity index (χ3n) is 2.89. The molecule has 2 aromatic rings. The highest BCUT2D eigenvalue weighted by Crippen LogP contribution is 2.22. The van der Waals surface area contributed by atoms with Crippen LogP contribution in [0.25, 0.3) is 0 Å². The fraction of sp³-hybridized carbons (Fsp3) is 0.267. The zero-order valence-electron chi connectivity index (χ0n) is 11.1. The van der Waals surface area contributed by atoms with Crippen LogP contribution in [0.15, 0.2) is 35.7 Å². The molecular formula is C15H17NO2S. The molecule has 0 atom stereocenters. The highest BCUT2D eigenvalue weighted by molar-refractivity contribution is 7.09. The Labute approximate surface area is 117 Å². The number of hydrogen-bond donors (Lipinski definition) is 0. The molecule has 1 heterocycles. The van der Waals surface area contributed by atoms with Gasteiger partial charge >= 0.3 is 0 Å². The summed E-state index contributed by atoms with van der Waals surface area (Å²) in [7, 11) is 3.71. The van der Waals surface area contributed by atoms with Gasteiger partial charge in [0.25, 0.3) is 0 Å². The normalized spacial score (nSPS) is 10.7. The van der Waals surface area contributed by atoms with Gasteiger partial charge in [0.2, 0.25) is 0 Å². The van der Waals surface area contributed by atoms with Crippen molar-refractivity contribution in [3.8, 4) is 5.75 Å². The van der Waals surface area contributed by atoms with Gasteiger partial charge in [-0.15, -0.1) is 11.3 Å². The van der Waals surface area contributed by atoms with Crippen molar-refractivity contribution in [1.82, 2.24) is 4.90 Å². The fourth-order valence-corrected chi connectivity index (χ4v) is 2.79. The van der Waals surface area contributed by atoms with Crippen molar-refractivity contribution in [1.29, 1.82) is 0 Å². The number of nitrogens with zero attached hydrogens (tertiary/aromatic N) is 1. The second-order valence-corrected chi connectivity index (χ2v) is 5.47. The SMILES string of the molecule is COc1ccc(C=O)cc1CN(C)Cc1cccs1. The average Bonchev–Trinajstić information content (AvgIpc) is 2.91. The first-order valence-corrected chi connectivity index (χ1v) is 6.94. The van der Waals surface area contributed by atoms with E-state index in [1.54, 1.807) is 24.5 Å². The smallest absolute Gasteiger partial charge is 0.150 e. The Balaban J connectivity index is 2.10. The van der Waals surface area contributed by atoms with Gasteiger partial charge in [-0.3, -0.25) is 9.69 Å². The maximum atomic E-state index is 10.8. The van der Waals surface area contributed by atoms with E-state index in [-0.39, 0.29) is 0 Å². The molecule has 0 N–H and O–H groups in total. The molecule has 4 heteroatoms. The quantitative estimate of drug-likeness (QED) is 0.758. The van der Waals surface area contributed by atoms with Gasteiger partial charge in [0.05, 0.1) is 7.11 Å². The fourth-order valence-electron chi connectivity index (χ4n) is 2.01. The zero-order chi connectivity index (χ0) is 13.7. The van der Waals surface area contributed by atoms with Gasteiger partial charge in [-0.2, -0.15) is 0 Å². The molecule has 0 bridgehead atoms. The number of carbonyl (C=O) groups excluding carboxylic acids is 1. The number of methoxy groups -OCH3 is 1. The van der Waals surface area contributed by atoms with Crippen molar-refractivity contribution in [3.05, 3.63) is 51.7 Å². The molecule has 0 saturated heterocycles. The molecular weight excluding hydrogens is 258 g/mol. The standard InChI is InChI=1S/C15H17NO2S/c1-16(10-14-4-3-7-19-14)9-13-8-12(11-17)5-6-15(13)18-2/h3-8,11H,9-10H2,1-2H3. The van der Waals surface area contributed by atoms with Gasteiger partial charge in [-0.25, -0.2) is 0 Å². The summed E-state index contributed by atoms with van der Waals surface area (Å²) in [4.78, 5) is 14.4.